The van der Waals surface area contributed by atoms with Crippen LogP contribution in [-0.2, 0) is 38.4 Å². The van der Waals surface area contributed by atoms with Gasteiger partial charge in [0.05, 0.1) is 18.6 Å². The van der Waals surface area contributed by atoms with Crippen molar-refractivity contribution in [3.05, 3.63) is 0 Å². The van der Waals surface area contributed by atoms with Crippen LogP contribution >= 0.6 is 0 Å². The van der Waals surface area contributed by atoms with Crippen LogP contribution in [0, 0.1) is 5.92 Å². The van der Waals surface area contributed by atoms with Gasteiger partial charge in [0.2, 0.25) is 35.4 Å². The fourth-order valence-electron chi connectivity index (χ4n) is 6.00. The number of amides is 6. The Balaban J connectivity index is 3.39. The summed E-state index contributed by atoms with van der Waals surface area (Å²) in [6, 6.07) is -10.1. The highest BCUT2D eigenvalue weighted by molar-refractivity contribution is 5.98. The highest BCUT2D eigenvalue weighted by Crippen LogP contribution is 2.20. The van der Waals surface area contributed by atoms with Crippen molar-refractivity contribution in [3.63, 3.8) is 0 Å². The Hall–Kier alpha value is -5.13. The van der Waals surface area contributed by atoms with Crippen molar-refractivity contribution < 1.29 is 58.8 Å². The predicted octanol–water partition coefficient (Wildman–Crippen LogP) is -4.72. The molecule has 0 aromatic carbocycles. The first-order valence-electron chi connectivity index (χ1n) is 19.3. The molecule has 23 nitrogen and oxygen atoms in total. The van der Waals surface area contributed by atoms with Gasteiger partial charge in [-0.25, -0.2) is 4.79 Å². The summed E-state index contributed by atoms with van der Waals surface area (Å²) >= 11 is 0. The summed E-state index contributed by atoms with van der Waals surface area (Å²) < 4.78 is 0. The number of hydrogen-bond acceptors (Lipinski definition) is 13. The van der Waals surface area contributed by atoms with Crippen LogP contribution in [0.15, 0.2) is 4.99 Å². The molecule has 1 fully saturated rings. The summed E-state index contributed by atoms with van der Waals surface area (Å²) in [5, 5.41) is 51.6. The van der Waals surface area contributed by atoms with Gasteiger partial charge in [-0.15, -0.1) is 0 Å². The summed E-state index contributed by atoms with van der Waals surface area (Å²) in [5.74, 6) is -9.26. The normalized spacial score (nSPS) is 18.4. The highest BCUT2D eigenvalue weighted by atomic mass is 16.4. The van der Waals surface area contributed by atoms with E-state index in [1.165, 1.54) is 13.8 Å². The number of rotatable bonds is 26. The van der Waals surface area contributed by atoms with Gasteiger partial charge in [0.1, 0.15) is 42.3 Å². The number of aliphatic carboxylic acids is 2. The number of aliphatic imine (C=N–C) groups is 1. The van der Waals surface area contributed by atoms with E-state index in [0.717, 1.165) is 4.90 Å². The minimum atomic E-state index is -1.82. The van der Waals surface area contributed by atoms with E-state index in [-0.39, 0.29) is 44.7 Å². The van der Waals surface area contributed by atoms with Gasteiger partial charge < -0.3 is 74.8 Å². The molecule has 1 rings (SSSR count). The van der Waals surface area contributed by atoms with Crippen molar-refractivity contribution in [3.8, 4) is 0 Å². The van der Waals surface area contributed by atoms with Gasteiger partial charge in [-0.3, -0.25) is 38.6 Å². The van der Waals surface area contributed by atoms with Crippen molar-refractivity contribution in [1.82, 2.24) is 31.5 Å². The molecule has 1 heterocycles. The third-order valence-electron chi connectivity index (χ3n) is 9.65. The van der Waals surface area contributed by atoms with Crippen molar-refractivity contribution in [2.45, 2.75) is 140 Å². The summed E-state index contributed by atoms with van der Waals surface area (Å²) in [5.41, 5.74) is 22.1. The van der Waals surface area contributed by atoms with Gasteiger partial charge in [0, 0.05) is 13.1 Å². The van der Waals surface area contributed by atoms with Gasteiger partial charge in [0.15, 0.2) is 5.96 Å². The van der Waals surface area contributed by atoms with Crippen LogP contribution in [0.4, 0.5) is 0 Å². The number of aliphatic hydroxyl groups excluding tert-OH is 2. The molecule has 0 bridgehead atoms. The molecular formula is C35H63N11O12. The van der Waals surface area contributed by atoms with Gasteiger partial charge in [-0.1, -0.05) is 20.3 Å². The molecule has 330 valence electrons. The predicted molar refractivity (Wildman–Crippen MR) is 208 cm³/mol. The Morgan fingerprint density at radius 2 is 1.28 bits per heavy atom. The number of aliphatic hydroxyl groups is 2. The van der Waals surface area contributed by atoms with Crippen molar-refractivity contribution in [1.29, 1.82) is 0 Å². The van der Waals surface area contributed by atoms with Crippen LogP contribution in [0.3, 0.4) is 0 Å². The number of hydrogen-bond donors (Lipinski definition) is 13. The number of nitrogens with two attached hydrogens (primary N) is 4. The third kappa shape index (κ3) is 16.8. The number of carboxylic acid groups (broad SMARTS) is 2. The monoisotopic (exact) mass is 829 g/mol. The van der Waals surface area contributed by atoms with Gasteiger partial charge >= 0.3 is 11.9 Å². The quantitative estimate of drug-likeness (QED) is 0.0221. The van der Waals surface area contributed by atoms with E-state index in [9.17, 15) is 58.8 Å². The van der Waals surface area contributed by atoms with Crippen molar-refractivity contribution >= 4 is 53.3 Å². The van der Waals surface area contributed by atoms with E-state index < -0.39 is 114 Å². The second kappa shape index (κ2) is 25.3. The van der Waals surface area contributed by atoms with Crippen molar-refractivity contribution in [2.75, 3.05) is 19.6 Å². The Morgan fingerprint density at radius 1 is 0.741 bits per heavy atom. The first kappa shape index (κ1) is 50.9. The van der Waals surface area contributed by atoms with Crippen LogP contribution in [-0.4, -0.2) is 153 Å². The average Bonchev–Trinajstić information content (AvgIpc) is 3.65. The Bertz CT molecular complexity index is 1460. The van der Waals surface area contributed by atoms with E-state index >= 15 is 0 Å². The summed E-state index contributed by atoms with van der Waals surface area (Å²) in [6.07, 6.45) is -2.02. The number of likely N-dealkylation sites (tertiary alicyclic amines) is 1. The van der Waals surface area contributed by atoms with Gasteiger partial charge in [-0.2, -0.15) is 0 Å². The fraction of sp³-hybridized carbons (Fsp3) is 0.743. The van der Waals surface area contributed by atoms with Crippen LogP contribution < -0.4 is 49.5 Å². The zero-order valence-electron chi connectivity index (χ0n) is 33.5. The molecule has 0 aliphatic carbocycles. The lowest BCUT2D eigenvalue weighted by atomic mass is 9.96. The van der Waals surface area contributed by atoms with Crippen molar-refractivity contribution in [2.24, 2.45) is 33.8 Å². The fourth-order valence-corrected chi connectivity index (χ4v) is 6.00. The molecule has 58 heavy (non-hydrogen) atoms. The molecule has 0 spiro atoms. The zero-order valence-corrected chi connectivity index (χ0v) is 33.5. The molecule has 1 aliphatic heterocycles. The molecule has 0 saturated carbocycles. The molecule has 1 aliphatic rings. The summed E-state index contributed by atoms with van der Waals surface area (Å²) in [4.78, 5) is 109. The second-order valence-corrected chi connectivity index (χ2v) is 14.4. The maximum atomic E-state index is 13.8. The van der Waals surface area contributed by atoms with Crippen LogP contribution in [0.5, 0.6) is 0 Å². The highest BCUT2D eigenvalue weighted by Gasteiger charge is 2.41. The maximum absolute atomic E-state index is 13.8. The van der Waals surface area contributed by atoms with Crippen LogP contribution in [0.25, 0.3) is 0 Å². The minimum absolute atomic E-state index is 0.0149. The molecule has 0 aromatic rings. The number of carboxylic acids is 2. The van der Waals surface area contributed by atoms with E-state index in [2.05, 4.69) is 31.6 Å². The second-order valence-electron chi connectivity index (χ2n) is 14.4. The average molecular weight is 830 g/mol. The van der Waals surface area contributed by atoms with Crippen LogP contribution in [0.1, 0.15) is 85.5 Å². The largest absolute Gasteiger partial charge is 0.481 e. The lowest BCUT2D eigenvalue weighted by Gasteiger charge is -2.31. The van der Waals surface area contributed by atoms with Crippen LogP contribution in [0.2, 0.25) is 0 Å². The molecule has 23 heteroatoms. The molecule has 0 aromatic heterocycles. The number of unbranched alkanes of at least 4 members (excludes halogenated alkanes) is 1. The maximum Gasteiger partial charge on any atom is 0.326 e. The molecule has 1 saturated heterocycles. The zero-order chi connectivity index (χ0) is 44.3. The number of nitrogens with zero attached hydrogens (tertiary/aromatic N) is 2. The third-order valence-corrected chi connectivity index (χ3v) is 9.65. The van der Waals surface area contributed by atoms with E-state index in [0.29, 0.717) is 32.2 Å². The Labute approximate surface area is 336 Å². The lowest BCUT2D eigenvalue weighted by molar-refractivity contribution is -0.150. The molecule has 17 N–H and O–H groups in total. The smallest absolute Gasteiger partial charge is 0.326 e. The molecule has 0 unspecified atom stereocenters. The Kier molecular flexibility index (Phi) is 22.2. The SMILES string of the molecule is CC[C@H](C)[C@H](NC(=O)[C@H](CCCCN)NC(=O)[C@@H](N)[C@@H](C)O)C(=O)N[C@@H](CC(=O)O)C(=O)N[C@@H](CCCN=C(N)N)C(=O)N[C@H](C(=O)N1CCC[C@H]1C(=O)O)[C@@H](C)O. The molecule has 0 radical (unpaired) electrons. The topological polar surface area (TPSA) is 397 Å². The molecule has 6 amide bonds. The summed E-state index contributed by atoms with van der Waals surface area (Å²) in [6.45, 7) is 6.16. The minimum Gasteiger partial charge on any atom is -0.481 e. The van der Waals surface area contributed by atoms with E-state index in [1.54, 1.807) is 13.8 Å². The number of carbonyl (C=O) groups is 8. The molecule has 10 atom stereocenters. The number of nitrogens with one attached hydrogen (secondary N) is 5. The number of guanidine groups is 1. The first-order valence-corrected chi connectivity index (χ1v) is 19.3. The first-order chi connectivity index (χ1) is 27.2. The van der Waals surface area contributed by atoms with Gasteiger partial charge in [0.25, 0.3) is 0 Å². The number of carbonyl (C=O) groups excluding carboxylic acids is 6. The van der Waals surface area contributed by atoms with Gasteiger partial charge in [-0.05, 0) is 71.3 Å². The van der Waals surface area contributed by atoms with E-state index in [1.807, 2.05) is 0 Å². The Morgan fingerprint density at radius 3 is 1.78 bits per heavy atom. The summed E-state index contributed by atoms with van der Waals surface area (Å²) in [7, 11) is 0. The lowest BCUT2D eigenvalue weighted by Crippen LogP contribution is -2.62. The van der Waals surface area contributed by atoms with E-state index in [4.69, 9.17) is 22.9 Å². The standard InChI is InChI=1S/C35H63N11O12/c1-5-17(2)26(44-28(51)20(10-6-7-13-36)42-31(54)25(37)18(3)47)32(55)43-22(16-24(49)50)30(53)41-21(11-8-14-40-35(38)39)29(52)45-27(19(4)48)33(56)46-15-9-12-23(46)34(57)58/h17-23,25-27,47-48H,5-16,36-37H2,1-4H3,(H,41,53)(H,42,54)(H,43,55)(H,44,51)(H,45,52)(H,49,50)(H,57,58)(H4,38,39,40)/t17-,18+,19+,20-,21-,22-,23-,25-,26-,27-/m0/s1. The molecular weight excluding hydrogens is 766 g/mol.